The Labute approximate surface area is 113 Å². The van der Waals surface area contributed by atoms with Gasteiger partial charge < -0.3 is 11.1 Å². The number of hydrogen-bond acceptors (Lipinski definition) is 3. The van der Waals surface area contributed by atoms with Crippen molar-refractivity contribution < 1.29 is 4.79 Å². The molecule has 1 unspecified atom stereocenters. The van der Waals surface area contributed by atoms with E-state index >= 15 is 0 Å². The van der Waals surface area contributed by atoms with E-state index in [2.05, 4.69) is 16.8 Å². The first-order valence-electron chi connectivity index (χ1n) is 6.69. The van der Waals surface area contributed by atoms with Crippen LogP contribution in [0.4, 0.5) is 0 Å². The average Bonchev–Trinajstić information content (AvgIpc) is 2.82. The molecule has 2 rings (SSSR count). The molecule has 1 aliphatic rings. The van der Waals surface area contributed by atoms with Crippen LogP contribution in [0.2, 0.25) is 0 Å². The Kier molecular flexibility index (Phi) is 4.40. The lowest BCUT2D eigenvalue weighted by Gasteiger charge is -2.33. The van der Waals surface area contributed by atoms with Crippen molar-refractivity contribution in [1.29, 1.82) is 0 Å². The molecule has 4 heteroatoms. The number of carbonyl (C=O) groups excluding carboxylic acids is 1. The Morgan fingerprint density at radius 2 is 2.22 bits per heavy atom. The molecule has 1 saturated carbocycles. The summed E-state index contributed by atoms with van der Waals surface area (Å²) in [6.45, 7) is 2.02. The Bertz CT molecular complexity index is 383. The van der Waals surface area contributed by atoms with Crippen molar-refractivity contribution in [3.05, 3.63) is 22.4 Å². The molecule has 100 valence electrons. The fourth-order valence-corrected chi connectivity index (χ4v) is 3.40. The van der Waals surface area contributed by atoms with Crippen molar-refractivity contribution in [2.75, 3.05) is 0 Å². The van der Waals surface area contributed by atoms with E-state index in [4.69, 9.17) is 5.73 Å². The van der Waals surface area contributed by atoms with Crippen LogP contribution in [0.25, 0.3) is 0 Å². The van der Waals surface area contributed by atoms with E-state index in [9.17, 15) is 4.79 Å². The lowest BCUT2D eigenvalue weighted by Crippen LogP contribution is -2.46. The third-order valence-corrected chi connectivity index (χ3v) is 4.48. The summed E-state index contributed by atoms with van der Waals surface area (Å²) in [5, 5.41) is 7.15. The van der Waals surface area contributed by atoms with Gasteiger partial charge in [0.1, 0.15) is 0 Å². The molecule has 0 spiro atoms. The molecule has 1 atom stereocenters. The van der Waals surface area contributed by atoms with Gasteiger partial charge in [-0.3, -0.25) is 4.79 Å². The smallest absolute Gasteiger partial charge is 0.222 e. The lowest BCUT2D eigenvalue weighted by atomic mass is 9.80. The molecule has 1 aromatic rings. The van der Waals surface area contributed by atoms with Gasteiger partial charge >= 0.3 is 0 Å². The van der Waals surface area contributed by atoms with Crippen molar-refractivity contribution in [2.45, 2.75) is 57.0 Å². The first-order chi connectivity index (χ1) is 8.59. The van der Waals surface area contributed by atoms with E-state index < -0.39 is 0 Å². The predicted molar refractivity (Wildman–Crippen MR) is 75.5 cm³/mol. The second kappa shape index (κ2) is 5.85. The van der Waals surface area contributed by atoms with Gasteiger partial charge in [0.2, 0.25) is 5.91 Å². The van der Waals surface area contributed by atoms with Gasteiger partial charge in [0.05, 0.1) is 6.04 Å². The molecule has 0 bridgehead atoms. The number of thiophene rings is 1. The summed E-state index contributed by atoms with van der Waals surface area (Å²) in [6.07, 6.45) is 5.99. The SMILES string of the molecule is CC(NC(=O)CC1(N)CCCCC1)c1ccsc1. The number of carbonyl (C=O) groups is 1. The summed E-state index contributed by atoms with van der Waals surface area (Å²) in [5.74, 6) is 0.0816. The molecular weight excluding hydrogens is 244 g/mol. The van der Waals surface area contributed by atoms with E-state index in [0.717, 1.165) is 25.7 Å². The molecule has 3 nitrogen and oxygen atoms in total. The van der Waals surface area contributed by atoms with Gasteiger partial charge in [-0.2, -0.15) is 11.3 Å². The normalized spacial score (nSPS) is 20.3. The van der Waals surface area contributed by atoms with Crippen LogP contribution in [0.15, 0.2) is 16.8 Å². The molecular formula is C14H22N2OS. The summed E-state index contributed by atoms with van der Waals surface area (Å²) in [5.41, 5.74) is 7.20. The summed E-state index contributed by atoms with van der Waals surface area (Å²) < 4.78 is 0. The van der Waals surface area contributed by atoms with E-state index in [1.54, 1.807) is 11.3 Å². The molecule has 3 N–H and O–H groups in total. The average molecular weight is 266 g/mol. The quantitative estimate of drug-likeness (QED) is 0.880. The Morgan fingerprint density at radius 1 is 1.50 bits per heavy atom. The predicted octanol–water partition coefficient (Wildman–Crippen LogP) is 2.98. The second-order valence-corrected chi connectivity index (χ2v) is 6.23. The standard InChI is InChI=1S/C14H22N2OS/c1-11(12-5-8-18-10-12)16-13(17)9-14(15)6-3-2-4-7-14/h5,8,10-11H,2-4,6-7,9,15H2,1H3,(H,16,17). The number of nitrogens with one attached hydrogen (secondary N) is 1. The largest absolute Gasteiger partial charge is 0.349 e. The molecule has 1 fully saturated rings. The molecule has 0 radical (unpaired) electrons. The van der Waals surface area contributed by atoms with Crippen molar-refractivity contribution in [3.8, 4) is 0 Å². The van der Waals surface area contributed by atoms with Crippen molar-refractivity contribution in [2.24, 2.45) is 5.73 Å². The Morgan fingerprint density at radius 3 is 2.83 bits per heavy atom. The number of amides is 1. The Balaban J connectivity index is 1.84. The van der Waals surface area contributed by atoms with Crippen LogP contribution in [0.1, 0.15) is 57.1 Å². The van der Waals surface area contributed by atoms with Gasteiger partial charge in [-0.25, -0.2) is 0 Å². The van der Waals surface area contributed by atoms with Crippen LogP contribution in [0.3, 0.4) is 0 Å². The maximum Gasteiger partial charge on any atom is 0.222 e. The molecule has 0 aliphatic heterocycles. The maximum absolute atomic E-state index is 12.0. The summed E-state index contributed by atoms with van der Waals surface area (Å²) in [6, 6.07) is 2.13. The van der Waals surface area contributed by atoms with Crippen molar-refractivity contribution in [3.63, 3.8) is 0 Å². The topological polar surface area (TPSA) is 55.1 Å². The van der Waals surface area contributed by atoms with Crippen LogP contribution in [0, 0.1) is 0 Å². The monoisotopic (exact) mass is 266 g/mol. The van der Waals surface area contributed by atoms with Gasteiger partial charge in [0, 0.05) is 12.0 Å². The van der Waals surface area contributed by atoms with E-state index in [0.29, 0.717) is 6.42 Å². The highest BCUT2D eigenvalue weighted by Crippen LogP contribution is 2.28. The first-order valence-corrected chi connectivity index (χ1v) is 7.64. The molecule has 1 amide bonds. The molecule has 1 aliphatic carbocycles. The highest BCUT2D eigenvalue weighted by atomic mass is 32.1. The minimum atomic E-state index is -0.267. The summed E-state index contributed by atoms with van der Waals surface area (Å²) in [7, 11) is 0. The summed E-state index contributed by atoms with van der Waals surface area (Å²) in [4.78, 5) is 12.0. The summed E-state index contributed by atoms with van der Waals surface area (Å²) >= 11 is 1.65. The first kappa shape index (κ1) is 13.6. The van der Waals surface area contributed by atoms with E-state index in [1.165, 1.54) is 12.0 Å². The van der Waals surface area contributed by atoms with Crippen LogP contribution in [-0.4, -0.2) is 11.4 Å². The molecule has 0 aromatic carbocycles. The second-order valence-electron chi connectivity index (χ2n) is 5.45. The number of hydrogen-bond donors (Lipinski definition) is 2. The van der Waals surface area contributed by atoms with Gasteiger partial charge in [0.25, 0.3) is 0 Å². The van der Waals surface area contributed by atoms with Crippen LogP contribution < -0.4 is 11.1 Å². The fourth-order valence-electron chi connectivity index (χ4n) is 2.65. The zero-order valence-corrected chi connectivity index (χ0v) is 11.8. The third kappa shape index (κ3) is 3.56. The molecule has 18 heavy (non-hydrogen) atoms. The molecule has 1 heterocycles. The van der Waals surface area contributed by atoms with Crippen molar-refractivity contribution in [1.82, 2.24) is 5.32 Å². The number of rotatable bonds is 4. The zero-order chi connectivity index (χ0) is 13.0. The van der Waals surface area contributed by atoms with E-state index in [-0.39, 0.29) is 17.5 Å². The minimum absolute atomic E-state index is 0.0796. The number of nitrogens with two attached hydrogens (primary N) is 1. The highest BCUT2D eigenvalue weighted by molar-refractivity contribution is 7.07. The van der Waals surface area contributed by atoms with Gasteiger partial charge in [-0.1, -0.05) is 19.3 Å². The van der Waals surface area contributed by atoms with Gasteiger partial charge in [-0.15, -0.1) is 0 Å². The molecule has 1 aromatic heterocycles. The van der Waals surface area contributed by atoms with Crippen LogP contribution in [0.5, 0.6) is 0 Å². The minimum Gasteiger partial charge on any atom is -0.349 e. The van der Waals surface area contributed by atoms with Gasteiger partial charge in [-0.05, 0) is 42.2 Å². The molecule has 0 saturated heterocycles. The fraction of sp³-hybridized carbons (Fsp3) is 0.643. The van der Waals surface area contributed by atoms with Crippen molar-refractivity contribution >= 4 is 17.2 Å². The van der Waals surface area contributed by atoms with Gasteiger partial charge in [0.15, 0.2) is 0 Å². The Hall–Kier alpha value is -0.870. The van der Waals surface area contributed by atoms with E-state index in [1.807, 2.05) is 12.3 Å². The maximum atomic E-state index is 12.0. The highest BCUT2D eigenvalue weighted by Gasteiger charge is 2.30. The third-order valence-electron chi connectivity index (χ3n) is 3.78. The van der Waals surface area contributed by atoms with Crippen LogP contribution in [-0.2, 0) is 4.79 Å². The zero-order valence-electron chi connectivity index (χ0n) is 10.9. The lowest BCUT2D eigenvalue weighted by molar-refractivity contribution is -0.123. The van der Waals surface area contributed by atoms with Crippen LogP contribution >= 0.6 is 11.3 Å².